The van der Waals surface area contributed by atoms with Crippen LogP contribution >= 0.6 is 11.6 Å². The second-order valence-corrected chi connectivity index (χ2v) is 7.99. The molecule has 0 saturated heterocycles. The Morgan fingerprint density at radius 1 is 1.18 bits per heavy atom. The van der Waals surface area contributed by atoms with E-state index in [2.05, 4.69) is 20.9 Å². The van der Waals surface area contributed by atoms with Gasteiger partial charge in [-0.15, -0.1) is 0 Å². The summed E-state index contributed by atoms with van der Waals surface area (Å²) in [5.41, 5.74) is 5.33. The summed E-state index contributed by atoms with van der Waals surface area (Å²) in [5.74, 6) is -0.0712. The largest absolute Gasteiger partial charge is 0.435 e. The minimum atomic E-state index is -4.59. The third-order valence-corrected chi connectivity index (χ3v) is 5.06. The standard InChI is InChI=1S/C21H20ClF3N6O2/c1-20(2,13-5-3-4-12(10-13)18(26)30-33)28-19(32)27-14-6-7-15(22)16(11-14)31-9-8-17(29-31)21(23,24)25/h3-11,33H,1-2H3,(H2,26,30)(H2,27,28,32). The number of halogens is 4. The molecule has 0 fully saturated rings. The van der Waals surface area contributed by atoms with Gasteiger partial charge in [0.25, 0.3) is 0 Å². The average molecular weight is 481 g/mol. The highest BCUT2D eigenvalue weighted by Gasteiger charge is 2.33. The molecule has 2 aromatic carbocycles. The number of nitrogens with zero attached hydrogens (tertiary/aromatic N) is 3. The van der Waals surface area contributed by atoms with E-state index in [0.29, 0.717) is 11.1 Å². The van der Waals surface area contributed by atoms with E-state index >= 15 is 0 Å². The topological polar surface area (TPSA) is 118 Å². The first-order valence-corrected chi connectivity index (χ1v) is 9.89. The smallest absolute Gasteiger partial charge is 0.409 e. The van der Waals surface area contributed by atoms with Crippen LogP contribution in [0.15, 0.2) is 59.9 Å². The third-order valence-electron chi connectivity index (χ3n) is 4.74. The summed E-state index contributed by atoms with van der Waals surface area (Å²) in [6.07, 6.45) is -3.46. The Labute approximate surface area is 191 Å². The van der Waals surface area contributed by atoms with Crippen LogP contribution in [0.2, 0.25) is 5.02 Å². The van der Waals surface area contributed by atoms with Crippen LogP contribution in [0.3, 0.4) is 0 Å². The Morgan fingerprint density at radius 3 is 2.55 bits per heavy atom. The van der Waals surface area contributed by atoms with E-state index in [1.807, 2.05) is 0 Å². The van der Waals surface area contributed by atoms with Crippen molar-refractivity contribution in [2.24, 2.45) is 10.9 Å². The molecule has 3 rings (SSSR count). The summed E-state index contributed by atoms with van der Waals surface area (Å²) in [6.45, 7) is 3.52. The molecule has 0 atom stereocenters. The number of anilines is 1. The van der Waals surface area contributed by atoms with Gasteiger partial charge in [0.15, 0.2) is 11.5 Å². The molecule has 2 amide bonds. The number of hydrogen-bond donors (Lipinski definition) is 4. The van der Waals surface area contributed by atoms with Crippen molar-refractivity contribution < 1.29 is 23.2 Å². The lowest BCUT2D eigenvalue weighted by molar-refractivity contribution is -0.141. The monoisotopic (exact) mass is 480 g/mol. The van der Waals surface area contributed by atoms with Crippen molar-refractivity contribution >= 4 is 29.2 Å². The van der Waals surface area contributed by atoms with Crippen molar-refractivity contribution in [3.8, 4) is 5.69 Å². The summed E-state index contributed by atoms with van der Waals surface area (Å²) in [4.78, 5) is 12.6. The summed E-state index contributed by atoms with van der Waals surface area (Å²) < 4.78 is 39.6. The maximum absolute atomic E-state index is 12.9. The molecule has 174 valence electrons. The number of carbonyl (C=O) groups excluding carboxylic acids is 1. The zero-order valence-corrected chi connectivity index (χ0v) is 18.2. The fourth-order valence-corrected chi connectivity index (χ4v) is 3.22. The molecule has 8 nitrogen and oxygen atoms in total. The lowest BCUT2D eigenvalue weighted by Gasteiger charge is -2.27. The van der Waals surface area contributed by atoms with Crippen molar-refractivity contribution in [1.29, 1.82) is 0 Å². The van der Waals surface area contributed by atoms with E-state index in [-0.39, 0.29) is 22.2 Å². The highest BCUT2D eigenvalue weighted by Crippen LogP contribution is 2.30. The van der Waals surface area contributed by atoms with Gasteiger partial charge in [0.1, 0.15) is 0 Å². The van der Waals surface area contributed by atoms with E-state index in [4.69, 9.17) is 22.5 Å². The van der Waals surface area contributed by atoms with Crippen molar-refractivity contribution in [2.45, 2.75) is 25.6 Å². The van der Waals surface area contributed by atoms with Crippen LogP contribution in [0, 0.1) is 0 Å². The Bertz CT molecular complexity index is 1210. The quantitative estimate of drug-likeness (QED) is 0.183. The first kappa shape index (κ1) is 23.9. The van der Waals surface area contributed by atoms with Crippen molar-refractivity contribution in [3.05, 3.63) is 76.6 Å². The summed E-state index contributed by atoms with van der Waals surface area (Å²) in [7, 11) is 0. The molecule has 0 radical (unpaired) electrons. The molecule has 0 aliphatic heterocycles. The molecule has 5 N–H and O–H groups in total. The van der Waals surface area contributed by atoms with Gasteiger partial charge in [-0.2, -0.15) is 18.3 Å². The highest BCUT2D eigenvalue weighted by molar-refractivity contribution is 6.32. The molecular formula is C21H20ClF3N6O2. The van der Waals surface area contributed by atoms with Gasteiger partial charge in [-0.3, -0.25) is 0 Å². The van der Waals surface area contributed by atoms with Gasteiger partial charge in [0.2, 0.25) is 0 Å². The van der Waals surface area contributed by atoms with E-state index < -0.39 is 23.4 Å². The molecule has 3 aromatic rings. The molecule has 33 heavy (non-hydrogen) atoms. The lowest BCUT2D eigenvalue weighted by Crippen LogP contribution is -2.43. The number of oxime groups is 1. The Kier molecular flexibility index (Phi) is 6.54. The minimum absolute atomic E-state index is 0.0712. The Morgan fingerprint density at radius 2 is 1.91 bits per heavy atom. The van der Waals surface area contributed by atoms with Gasteiger partial charge < -0.3 is 21.6 Å². The SMILES string of the molecule is CC(C)(NC(=O)Nc1ccc(Cl)c(-n2ccc(C(F)(F)F)n2)c1)c1cccc(/C(N)=N/O)c1. The second-order valence-electron chi connectivity index (χ2n) is 7.58. The molecule has 0 saturated carbocycles. The zero-order chi connectivity index (χ0) is 24.4. The van der Waals surface area contributed by atoms with Crippen LogP contribution in [0.5, 0.6) is 0 Å². The van der Waals surface area contributed by atoms with Crippen LogP contribution < -0.4 is 16.4 Å². The van der Waals surface area contributed by atoms with Crippen LogP contribution in [0.4, 0.5) is 23.7 Å². The molecule has 1 heterocycles. The number of nitrogens with one attached hydrogen (secondary N) is 2. The zero-order valence-electron chi connectivity index (χ0n) is 17.5. The van der Waals surface area contributed by atoms with Gasteiger partial charge in [-0.25, -0.2) is 9.48 Å². The lowest BCUT2D eigenvalue weighted by atomic mass is 9.93. The van der Waals surface area contributed by atoms with Gasteiger partial charge in [0.05, 0.1) is 16.2 Å². The van der Waals surface area contributed by atoms with Crippen molar-refractivity contribution in [2.75, 3.05) is 5.32 Å². The molecule has 0 spiro atoms. The second kappa shape index (κ2) is 9.02. The summed E-state index contributed by atoms with van der Waals surface area (Å²) in [5, 5.41) is 20.9. The predicted molar refractivity (Wildman–Crippen MR) is 118 cm³/mol. The summed E-state index contributed by atoms with van der Waals surface area (Å²) >= 11 is 6.12. The number of benzene rings is 2. The van der Waals surface area contributed by atoms with Gasteiger partial charge in [-0.1, -0.05) is 35.0 Å². The number of amides is 2. The van der Waals surface area contributed by atoms with Crippen LogP contribution in [0.25, 0.3) is 5.69 Å². The van der Waals surface area contributed by atoms with E-state index in [1.165, 1.54) is 18.2 Å². The first-order valence-electron chi connectivity index (χ1n) is 9.51. The number of alkyl halides is 3. The Balaban J connectivity index is 1.78. The van der Waals surface area contributed by atoms with E-state index in [9.17, 15) is 18.0 Å². The fourth-order valence-electron chi connectivity index (χ4n) is 3.02. The maximum Gasteiger partial charge on any atom is 0.435 e. The number of aromatic nitrogens is 2. The van der Waals surface area contributed by atoms with Gasteiger partial charge >= 0.3 is 12.2 Å². The number of hydrogen-bond acceptors (Lipinski definition) is 4. The fraction of sp³-hybridized carbons (Fsp3) is 0.190. The predicted octanol–water partition coefficient (Wildman–Crippen LogP) is 4.70. The molecule has 0 aliphatic carbocycles. The highest BCUT2D eigenvalue weighted by atomic mass is 35.5. The average Bonchev–Trinajstić information content (AvgIpc) is 3.25. The number of urea groups is 1. The number of nitrogens with two attached hydrogens (primary N) is 1. The first-order chi connectivity index (χ1) is 15.4. The van der Waals surface area contributed by atoms with Crippen LogP contribution in [0.1, 0.15) is 30.7 Å². The molecule has 0 aliphatic rings. The minimum Gasteiger partial charge on any atom is -0.409 e. The number of amidine groups is 1. The number of rotatable bonds is 5. The van der Waals surface area contributed by atoms with Crippen molar-refractivity contribution in [1.82, 2.24) is 15.1 Å². The molecular weight excluding hydrogens is 461 g/mol. The third kappa shape index (κ3) is 5.55. The van der Waals surface area contributed by atoms with Gasteiger partial charge in [0, 0.05) is 17.4 Å². The maximum atomic E-state index is 12.9. The molecule has 0 bridgehead atoms. The van der Waals surface area contributed by atoms with Crippen LogP contribution in [-0.4, -0.2) is 26.9 Å². The van der Waals surface area contributed by atoms with Crippen molar-refractivity contribution in [3.63, 3.8) is 0 Å². The molecule has 12 heteroatoms. The normalized spacial score (nSPS) is 12.5. The van der Waals surface area contributed by atoms with E-state index in [1.54, 1.807) is 38.1 Å². The van der Waals surface area contributed by atoms with Crippen LogP contribution in [-0.2, 0) is 11.7 Å². The summed E-state index contributed by atoms with van der Waals surface area (Å²) in [6, 6.07) is 11.4. The number of carbonyl (C=O) groups is 1. The van der Waals surface area contributed by atoms with E-state index in [0.717, 1.165) is 16.9 Å². The van der Waals surface area contributed by atoms with Gasteiger partial charge in [-0.05, 0) is 49.7 Å². The molecule has 0 unspecified atom stereocenters. The molecule has 1 aromatic heterocycles. The Hall–Kier alpha value is -3.73.